The molecule has 2 fully saturated rings. The van der Waals surface area contributed by atoms with Crippen LogP contribution in [0.5, 0.6) is 0 Å². The number of imide groups is 1. The van der Waals surface area contributed by atoms with Crippen molar-refractivity contribution in [3.63, 3.8) is 0 Å². The Morgan fingerprint density at radius 1 is 1.11 bits per heavy atom. The lowest BCUT2D eigenvalue weighted by Crippen LogP contribution is -2.32. The summed E-state index contributed by atoms with van der Waals surface area (Å²) in [7, 11) is 0. The number of allylic oxidation sites excluding steroid dienone is 2. The third kappa shape index (κ3) is 3.83. The van der Waals surface area contributed by atoms with Crippen molar-refractivity contribution in [2.75, 3.05) is 16.8 Å². The molecule has 1 aromatic heterocycles. The number of nitrogens with zero attached hydrogens (tertiary/aromatic N) is 1. The Morgan fingerprint density at radius 2 is 1.76 bits per heavy atom. The molecule has 9 heteroatoms. The molecular formula is C28H28N2O6S. The van der Waals surface area contributed by atoms with Gasteiger partial charge in [0.15, 0.2) is 0 Å². The predicted molar refractivity (Wildman–Crippen MR) is 137 cm³/mol. The minimum absolute atomic E-state index is 0.141. The van der Waals surface area contributed by atoms with E-state index in [1.165, 1.54) is 16.2 Å². The van der Waals surface area contributed by atoms with Crippen LogP contribution in [-0.2, 0) is 32.1 Å². The third-order valence-electron chi connectivity index (χ3n) is 7.85. The molecule has 1 saturated carbocycles. The number of anilines is 2. The average molecular weight is 521 g/mol. The summed E-state index contributed by atoms with van der Waals surface area (Å²) in [5, 5.41) is 3.31. The van der Waals surface area contributed by atoms with Gasteiger partial charge in [-0.15, -0.1) is 11.3 Å². The minimum Gasteiger partial charge on any atom is -0.462 e. The van der Waals surface area contributed by atoms with Gasteiger partial charge >= 0.3 is 5.97 Å². The number of carbonyl (C=O) groups excluding carboxylic acids is 4. The molecule has 4 unspecified atom stereocenters. The van der Waals surface area contributed by atoms with E-state index >= 15 is 0 Å². The monoisotopic (exact) mass is 520 g/mol. The number of hydrogen-bond donors (Lipinski definition) is 1. The maximum atomic E-state index is 13.2. The first-order chi connectivity index (χ1) is 17.7. The van der Waals surface area contributed by atoms with Crippen LogP contribution in [0.3, 0.4) is 0 Å². The highest BCUT2D eigenvalue weighted by atomic mass is 32.1. The zero-order chi connectivity index (χ0) is 26.1. The Kier molecular flexibility index (Phi) is 5.61. The summed E-state index contributed by atoms with van der Waals surface area (Å²) in [6, 6.07) is 6.44. The van der Waals surface area contributed by atoms with Crippen molar-refractivity contribution in [1.29, 1.82) is 0 Å². The van der Waals surface area contributed by atoms with Crippen LogP contribution in [-0.4, -0.2) is 35.9 Å². The number of thiophene rings is 1. The first-order valence-electron chi connectivity index (χ1n) is 12.6. The van der Waals surface area contributed by atoms with Crippen LogP contribution in [0.1, 0.15) is 58.3 Å². The summed E-state index contributed by atoms with van der Waals surface area (Å²) in [5.74, 6) is -1.44. The molecule has 0 spiro atoms. The van der Waals surface area contributed by atoms with Crippen molar-refractivity contribution in [2.45, 2.75) is 45.8 Å². The van der Waals surface area contributed by atoms with Gasteiger partial charge in [0.05, 0.1) is 41.9 Å². The minimum atomic E-state index is -0.469. The molecule has 0 radical (unpaired) electrons. The Morgan fingerprint density at radius 3 is 2.38 bits per heavy atom. The highest BCUT2D eigenvalue weighted by Gasteiger charge is 2.59. The second kappa shape index (κ2) is 8.63. The van der Waals surface area contributed by atoms with Crippen LogP contribution < -0.4 is 10.2 Å². The number of amides is 3. The molecule has 4 atom stereocenters. The van der Waals surface area contributed by atoms with Crippen molar-refractivity contribution in [3.05, 3.63) is 58.0 Å². The van der Waals surface area contributed by atoms with Gasteiger partial charge in [-0.05, 0) is 68.9 Å². The standard InChI is InChI=1S/C28H28N2O6S/c1-4-35-27(34)22-18-12-28(2,3)36-13-19(18)37-24(22)29-23(31)14-7-9-17(10-8-14)30-25(32)20-15-5-6-16(11-15)21(20)26(30)33/h5-10,15-16,20-21H,4,11-13H2,1-3H3,(H,29,31). The molecule has 192 valence electrons. The molecule has 1 saturated heterocycles. The van der Waals surface area contributed by atoms with Crippen LogP contribution in [0.15, 0.2) is 36.4 Å². The van der Waals surface area contributed by atoms with Crippen LogP contribution in [0.4, 0.5) is 10.7 Å². The lowest BCUT2D eigenvalue weighted by Gasteiger charge is -2.30. The van der Waals surface area contributed by atoms with E-state index in [2.05, 4.69) is 17.5 Å². The Hall–Kier alpha value is -3.30. The van der Waals surface area contributed by atoms with Gasteiger partial charge in [0.2, 0.25) is 11.8 Å². The molecule has 2 aliphatic carbocycles. The maximum absolute atomic E-state index is 13.2. The number of carbonyl (C=O) groups is 4. The number of hydrogen-bond acceptors (Lipinski definition) is 7. The molecule has 6 rings (SSSR count). The molecule has 3 amide bonds. The normalized spacial score (nSPS) is 26.8. The van der Waals surface area contributed by atoms with E-state index in [-0.39, 0.29) is 42.1 Å². The van der Waals surface area contributed by atoms with E-state index in [4.69, 9.17) is 9.47 Å². The maximum Gasteiger partial charge on any atom is 0.341 e. The lowest BCUT2D eigenvalue weighted by atomic mass is 9.85. The van der Waals surface area contributed by atoms with Gasteiger partial charge in [-0.1, -0.05) is 12.2 Å². The Labute approximate surface area is 218 Å². The lowest BCUT2D eigenvalue weighted by molar-refractivity contribution is -0.123. The fraction of sp³-hybridized carbons (Fsp3) is 0.429. The molecule has 3 heterocycles. The molecule has 37 heavy (non-hydrogen) atoms. The van der Waals surface area contributed by atoms with Gasteiger partial charge in [-0.3, -0.25) is 19.3 Å². The summed E-state index contributed by atoms with van der Waals surface area (Å²) in [4.78, 5) is 54.3. The van der Waals surface area contributed by atoms with Gasteiger partial charge in [0.1, 0.15) is 5.00 Å². The smallest absolute Gasteiger partial charge is 0.341 e. The van der Waals surface area contributed by atoms with Gasteiger partial charge in [-0.25, -0.2) is 4.79 Å². The molecule has 4 aliphatic rings. The molecule has 1 aromatic carbocycles. The first kappa shape index (κ1) is 24.1. The van der Waals surface area contributed by atoms with Crippen molar-refractivity contribution in [3.8, 4) is 0 Å². The topological polar surface area (TPSA) is 102 Å². The fourth-order valence-corrected chi connectivity index (χ4v) is 7.27. The Balaban J connectivity index is 1.23. The van der Waals surface area contributed by atoms with Crippen molar-refractivity contribution >= 4 is 45.7 Å². The van der Waals surface area contributed by atoms with Crippen LogP contribution in [0, 0.1) is 23.7 Å². The summed E-state index contributed by atoms with van der Waals surface area (Å²) in [5.41, 5.74) is 1.63. The molecule has 2 bridgehead atoms. The number of benzene rings is 1. The van der Waals surface area contributed by atoms with Gasteiger partial charge in [0.25, 0.3) is 5.91 Å². The summed E-state index contributed by atoms with van der Waals surface area (Å²) >= 11 is 1.32. The van der Waals surface area contributed by atoms with E-state index < -0.39 is 17.5 Å². The highest BCUT2D eigenvalue weighted by molar-refractivity contribution is 7.17. The van der Waals surface area contributed by atoms with Crippen molar-refractivity contribution < 1.29 is 28.7 Å². The number of rotatable bonds is 5. The van der Waals surface area contributed by atoms with E-state index in [1.54, 1.807) is 31.2 Å². The predicted octanol–water partition coefficient (Wildman–Crippen LogP) is 4.34. The summed E-state index contributed by atoms with van der Waals surface area (Å²) in [6.45, 7) is 6.26. The quantitative estimate of drug-likeness (QED) is 0.358. The van der Waals surface area contributed by atoms with Crippen molar-refractivity contribution in [1.82, 2.24) is 0 Å². The van der Waals surface area contributed by atoms with Gasteiger partial charge < -0.3 is 14.8 Å². The molecule has 2 aliphatic heterocycles. The number of nitrogens with one attached hydrogen (secondary N) is 1. The second-order valence-electron chi connectivity index (χ2n) is 10.7. The third-order valence-corrected chi connectivity index (χ3v) is 8.97. The molecule has 1 N–H and O–H groups in total. The second-order valence-corrected chi connectivity index (χ2v) is 11.8. The van der Waals surface area contributed by atoms with Gasteiger partial charge in [-0.2, -0.15) is 0 Å². The zero-order valence-corrected chi connectivity index (χ0v) is 21.7. The van der Waals surface area contributed by atoms with Gasteiger partial charge in [0, 0.05) is 16.9 Å². The fourth-order valence-electron chi connectivity index (χ4n) is 6.15. The van der Waals surface area contributed by atoms with E-state index in [0.29, 0.717) is 34.8 Å². The van der Waals surface area contributed by atoms with Crippen molar-refractivity contribution in [2.24, 2.45) is 23.7 Å². The number of ether oxygens (including phenoxy) is 2. The largest absolute Gasteiger partial charge is 0.462 e. The summed E-state index contributed by atoms with van der Waals surface area (Å²) < 4.78 is 11.2. The first-order valence-corrected chi connectivity index (χ1v) is 13.4. The van der Waals surface area contributed by atoms with E-state index in [0.717, 1.165) is 16.9 Å². The van der Waals surface area contributed by atoms with E-state index in [9.17, 15) is 19.2 Å². The highest BCUT2D eigenvalue weighted by Crippen LogP contribution is 2.53. The molecule has 8 nitrogen and oxygen atoms in total. The number of esters is 1. The average Bonchev–Trinajstić information content (AvgIpc) is 3.61. The molecule has 2 aromatic rings. The Bertz CT molecular complexity index is 1330. The zero-order valence-electron chi connectivity index (χ0n) is 20.9. The van der Waals surface area contributed by atoms with Crippen LogP contribution >= 0.6 is 11.3 Å². The molecular weight excluding hydrogens is 492 g/mol. The summed E-state index contributed by atoms with van der Waals surface area (Å²) in [6.07, 6.45) is 5.54. The van der Waals surface area contributed by atoms with Crippen LogP contribution in [0.2, 0.25) is 0 Å². The number of fused-ring (bicyclic) bond motifs is 6. The van der Waals surface area contributed by atoms with E-state index in [1.807, 2.05) is 13.8 Å². The van der Waals surface area contributed by atoms with Crippen LogP contribution in [0.25, 0.3) is 0 Å². The SMILES string of the molecule is CCOC(=O)c1c(NC(=O)c2ccc(N3C(=O)C4C5C=CC(C5)C4C3=O)cc2)sc2c1CC(C)(C)OC2.